The largest absolute Gasteiger partial charge is 0.493 e. The fraction of sp³-hybridized carbons (Fsp3) is 0.0909. The van der Waals surface area contributed by atoms with Crippen LogP contribution in [0.25, 0.3) is 11.0 Å². The highest BCUT2D eigenvalue weighted by Gasteiger charge is 2.22. The van der Waals surface area contributed by atoms with Gasteiger partial charge in [0.15, 0.2) is 11.3 Å². The number of hydrogen-bond donors (Lipinski definition) is 0. The minimum atomic E-state index is 0.126. The Kier molecular flexibility index (Phi) is 3.80. The Balaban J connectivity index is 1.95. The first-order valence-corrected chi connectivity index (χ1v) is 8.02. The molecule has 0 amide bonds. The van der Waals surface area contributed by atoms with Crippen LogP contribution in [0, 0.1) is 0 Å². The minimum Gasteiger partial charge on any atom is -0.493 e. The van der Waals surface area contributed by atoms with E-state index in [0.717, 1.165) is 22.3 Å². The van der Waals surface area contributed by atoms with Crippen LogP contribution in [0.3, 0.4) is 0 Å². The number of hydrogen-bond acceptors (Lipinski definition) is 2. The number of ether oxygens (including phenoxy) is 1. The standard InChI is InChI=1S/C22H18O2/c1-23-20-14-8-13-18-19(15-24-22(18)20)21(16-9-4-2-5-10-16)17-11-6-3-7-12-17/h2-15,21H,1H3. The van der Waals surface area contributed by atoms with Gasteiger partial charge < -0.3 is 9.15 Å². The summed E-state index contributed by atoms with van der Waals surface area (Å²) in [4.78, 5) is 0. The molecule has 0 aliphatic heterocycles. The van der Waals surface area contributed by atoms with Crippen LogP contribution in [-0.2, 0) is 0 Å². The van der Waals surface area contributed by atoms with E-state index < -0.39 is 0 Å². The molecule has 0 unspecified atom stereocenters. The lowest BCUT2D eigenvalue weighted by Crippen LogP contribution is -2.02. The van der Waals surface area contributed by atoms with Crippen molar-refractivity contribution in [2.24, 2.45) is 0 Å². The first-order chi connectivity index (χ1) is 11.9. The molecule has 0 saturated carbocycles. The molecule has 0 atom stereocenters. The predicted molar refractivity (Wildman–Crippen MR) is 96.6 cm³/mol. The topological polar surface area (TPSA) is 22.4 Å². The highest BCUT2D eigenvalue weighted by molar-refractivity contribution is 5.87. The number of furan rings is 1. The second-order valence-electron chi connectivity index (χ2n) is 5.78. The van der Waals surface area contributed by atoms with E-state index in [2.05, 4.69) is 54.6 Å². The molecule has 118 valence electrons. The van der Waals surface area contributed by atoms with Gasteiger partial charge in [-0.1, -0.05) is 72.8 Å². The summed E-state index contributed by atoms with van der Waals surface area (Å²) in [6, 6.07) is 27.1. The van der Waals surface area contributed by atoms with E-state index in [4.69, 9.17) is 9.15 Å². The third-order valence-electron chi connectivity index (χ3n) is 4.39. The van der Waals surface area contributed by atoms with Gasteiger partial charge in [0.1, 0.15) is 0 Å². The van der Waals surface area contributed by atoms with E-state index in [-0.39, 0.29) is 5.92 Å². The highest BCUT2D eigenvalue weighted by Crippen LogP contribution is 2.39. The SMILES string of the molecule is COc1cccc2c(C(c3ccccc3)c3ccccc3)coc12. The highest BCUT2D eigenvalue weighted by atomic mass is 16.5. The summed E-state index contributed by atoms with van der Waals surface area (Å²) in [6.45, 7) is 0. The third-order valence-corrected chi connectivity index (χ3v) is 4.39. The molecule has 0 saturated heterocycles. The summed E-state index contributed by atoms with van der Waals surface area (Å²) in [7, 11) is 1.67. The Hall–Kier alpha value is -3.00. The van der Waals surface area contributed by atoms with E-state index in [9.17, 15) is 0 Å². The number of rotatable bonds is 4. The van der Waals surface area contributed by atoms with Crippen LogP contribution >= 0.6 is 0 Å². The Morgan fingerprint density at radius 2 is 1.38 bits per heavy atom. The van der Waals surface area contributed by atoms with Crippen LogP contribution < -0.4 is 4.74 Å². The Morgan fingerprint density at radius 3 is 1.96 bits per heavy atom. The van der Waals surface area contributed by atoms with Crippen molar-refractivity contribution in [3.05, 3.63) is 102 Å². The van der Waals surface area contributed by atoms with Gasteiger partial charge in [-0.05, 0) is 17.2 Å². The predicted octanol–water partition coefficient (Wildman–Crippen LogP) is 5.62. The van der Waals surface area contributed by atoms with Crippen molar-refractivity contribution in [2.45, 2.75) is 5.92 Å². The maximum Gasteiger partial charge on any atom is 0.175 e. The molecule has 4 aromatic rings. The first-order valence-electron chi connectivity index (χ1n) is 8.02. The minimum absolute atomic E-state index is 0.126. The zero-order valence-corrected chi connectivity index (χ0v) is 13.5. The zero-order chi connectivity index (χ0) is 16.4. The summed E-state index contributed by atoms with van der Waals surface area (Å²) in [5.41, 5.74) is 4.44. The molecule has 0 radical (unpaired) electrons. The summed E-state index contributed by atoms with van der Waals surface area (Å²) >= 11 is 0. The van der Waals surface area contributed by atoms with Crippen molar-refractivity contribution in [1.82, 2.24) is 0 Å². The van der Waals surface area contributed by atoms with Crippen molar-refractivity contribution in [3.63, 3.8) is 0 Å². The molecule has 0 spiro atoms. The maximum atomic E-state index is 5.87. The summed E-state index contributed by atoms with van der Waals surface area (Å²) in [6.07, 6.45) is 1.86. The van der Waals surface area contributed by atoms with Crippen LogP contribution in [0.5, 0.6) is 5.75 Å². The summed E-state index contributed by atoms with van der Waals surface area (Å²) < 4.78 is 11.3. The van der Waals surface area contributed by atoms with Crippen LogP contribution in [0.4, 0.5) is 0 Å². The molecule has 1 aromatic heterocycles. The van der Waals surface area contributed by atoms with Crippen molar-refractivity contribution < 1.29 is 9.15 Å². The molecule has 1 heterocycles. The molecular weight excluding hydrogens is 296 g/mol. The van der Waals surface area contributed by atoms with Gasteiger partial charge in [0.2, 0.25) is 0 Å². The van der Waals surface area contributed by atoms with Crippen molar-refractivity contribution >= 4 is 11.0 Å². The van der Waals surface area contributed by atoms with Crippen LogP contribution in [0.2, 0.25) is 0 Å². The third kappa shape index (κ3) is 2.46. The maximum absolute atomic E-state index is 5.87. The lowest BCUT2D eigenvalue weighted by Gasteiger charge is -2.17. The van der Waals surface area contributed by atoms with Gasteiger partial charge in [-0.15, -0.1) is 0 Å². The number of methoxy groups -OCH3 is 1. The average Bonchev–Trinajstić information content (AvgIpc) is 3.08. The second kappa shape index (κ2) is 6.25. The molecule has 2 nitrogen and oxygen atoms in total. The van der Waals surface area contributed by atoms with Gasteiger partial charge in [-0.3, -0.25) is 0 Å². The molecule has 0 aliphatic carbocycles. The molecule has 0 fully saturated rings. The smallest absolute Gasteiger partial charge is 0.175 e. The Morgan fingerprint density at radius 1 is 0.750 bits per heavy atom. The van der Waals surface area contributed by atoms with Crippen molar-refractivity contribution in [3.8, 4) is 5.75 Å². The lowest BCUT2D eigenvalue weighted by atomic mass is 9.85. The molecule has 4 rings (SSSR count). The number of para-hydroxylation sites is 1. The van der Waals surface area contributed by atoms with Crippen LogP contribution in [0.15, 0.2) is 89.5 Å². The Bertz CT molecular complexity index is 900. The molecule has 0 bridgehead atoms. The van der Waals surface area contributed by atoms with Gasteiger partial charge in [0, 0.05) is 16.9 Å². The fourth-order valence-corrected chi connectivity index (χ4v) is 3.28. The molecule has 24 heavy (non-hydrogen) atoms. The van der Waals surface area contributed by atoms with Crippen molar-refractivity contribution in [1.29, 1.82) is 0 Å². The van der Waals surface area contributed by atoms with E-state index in [1.165, 1.54) is 11.1 Å². The number of fused-ring (bicyclic) bond motifs is 1. The van der Waals surface area contributed by atoms with E-state index in [1.54, 1.807) is 7.11 Å². The number of benzene rings is 3. The molecule has 3 aromatic carbocycles. The lowest BCUT2D eigenvalue weighted by molar-refractivity contribution is 0.410. The van der Waals surface area contributed by atoms with E-state index >= 15 is 0 Å². The first kappa shape index (κ1) is 14.6. The normalized spacial score (nSPS) is 11.1. The fourth-order valence-electron chi connectivity index (χ4n) is 3.28. The van der Waals surface area contributed by atoms with Gasteiger partial charge in [0.05, 0.1) is 13.4 Å². The van der Waals surface area contributed by atoms with E-state index in [1.807, 2.05) is 30.5 Å². The van der Waals surface area contributed by atoms with Gasteiger partial charge in [0.25, 0.3) is 0 Å². The molecule has 0 N–H and O–H groups in total. The van der Waals surface area contributed by atoms with E-state index in [0.29, 0.717) is 0 Å². The van der Waals surface area contributed by atoms with Gasteiger partial charge in [-0.2, -0.15) is 0 Å². The van der Waals surface area contributed by atoms with Gasteiger partial charge >= 0.3 is 0 Å². The average molecular weight is 314 g/mol. The quantitative estimate of drug-likeness (QED) is 0.487. The molecule has 0 aliphatic rings. The monoisotopic (exact) mass is 314 g/mol. The molecular formula is C22H18O2. The van der Waals surface area contributed by atoms with Crippen LogP contribution in [-0.4, -0.2) is 7.11 Å². The van der Waals surface area contributed by atoms with Crippen molar-refractivity contribution in [2.75, 3.05) is 7.11 Å². The Labute approximate surface area is 141 Å². The van der Waals surface area contributed by atoms with Gasteiger partial charge in [-0.25, -0.2) is 0 Å². The second-order valence-corrected chi connectivity index (χ2v) is 5.78. The summed E-state index contributed by atoms with van der Waals surface area (Å²) in [5.74, 6) is 0.888. The van der Waals surface area contributed by atoms with Crippen LogP contribution in [0.1, 0.15) is 22.6 Å². The summed E-state index contributed by atoms with van der Waals surface area (Å²) in [5, 5.41) is 1.09. The zero-order valence-electron chi connectivity index (χ0n) is 13.5. The molecule has 2 heteroatoms.